The van der Waals surface area contributed by atoms with Gasteiger partial charge in [-0.1, -0.05) is 0 Å². The van der Waals surface area contributed by atoms with Crippen LogP contribution in [0.2, 0.25) is 0 Å². The van der Waals surface area contributed by atoms with Gasteiger partial charge in [0.25, 0.3) is 5.91 Å². The number of hydrogen-bond donors (Lipinski definition) is 1. The minimum absolute atomic E-state index is 0.0237. The van der Waals surface area contributed by atoms with Gasteiger partial charge in [-0.3, -0.25) is 4.79 Å². The second kappa shape index (κ2) is 6.62. The number of rotatable bonds is 5. The van der Waals surface area contributed by atoms with E-state index in [-0.39, 0.29) is 11.3 Å². The van der Waals surface area contributed by atoms with Gasteiger partial charge in [-0.25, -0.2) is 13.8 Å². The average Bonchev–Trinajstić information content (AvgIpc) is 2.94. The van der Waals surface area contributed by atoms with E-state index in [1.807, 2.05) is 5.38 Å². The molecule has 1 amide bonds. The van der Waals surface area contributed by atoms with Gasteiger partial charge in [0.15, 0.2) is 0 Å². The maximum absolute atomic E-state index is 13.8. The molecule has 0 aliphatic rings. The number of thiazole rings is 1. The molecule has 0 aliphatic carbocycles. The van der Waals surface area contributed by atoms with Crippen LogP contribution in [-0.2, 0) is 6.54 Å². The highest BCUT2D eigenvalue weighted by Crippen LogP contribution is 2.21. The van der Waals surface area contributed by atoms with Crippen molar-refractivity contribution in [2.24, 2.45) is 0 Å². The maximum atomic E-state index is 13.8. The van der Waals surface area contributed by atoms with Crippen molar-refractivity contribution in [1.82, 2.24) is 9.88 Å². The molecule has 1 aromatic heterocycles. The van der Waals surface area contributed by atoms with Crippen molar-refractivity contribution in [3.05, 3.63) is 45.9 Å². The zero-order valence-electron chi connectivity index (χ0n) is 11.7. The summed E-state index contributed by atoms with van der Waals surface area (Å²) in [5.74, 6) is -2.01. The number of benzene rings is 1. The lowest BCUT2D eigenvalue weighted by molar-refractivity contribution is 0.0782. The van der Waals surface area contributed by atoms with Gasteiger partial charge < -0.3 is 10.2 Å². The van der Waals surface area contributed by atoms with Crippen LogP contribution in [0, 0.1) is 11.6 Å². The SMILES string of the molecule is CCNc1c(F)cc(C(=O)N(C)Cc2cscn2)cc1F. The van der Waals surface area contributed by atoms with E-state index >= 15 is 0 Å². The van der Waals surface area contributed by atoms with E-state index < -0.39 is 17.5 Å². The first-order chi connectivity index (χ1) is 10.0. The van der Waals surface area contributed by atoms with Crippen LogP contribution in [-0.4, -0.2) is 29.4 Å². The van der Waals surface area contributed by atoms with Crippen LogP contribution < -0.4 is 5.32 Å². The number of hydrogen-bond acceptors (Lipinski definition) is 4. The van der Waals surface area contributed by atoms with Gasteiger partial charge in [-0.05, 0) is 19.1 Å². The quantitative estimate of drug-likeness (QED) is 0.923. The molecule has 2 aromatic rings. The molecule has 0 saturated carbocycles. The van der Waals surface area contributed by atoms with Gasteiger partial charge in [0.2, 0.25) is 0 Å². The Morgan fingerprint density at radius 3 is 2.57 bits per heavy atom. The molecule has 0 spiro atoms. The summed E-state index contributed by atoms with van der Waals surface area (Å²) in [6.45, 7) is 2.42. The van der Waals surface area contributed by atoms with Crippen LogP contribution in [0.5, 0.6) is 0 Å². The summed E-state index contributed by atoms with van der Waals surface area (Å²) in [5.41, 5.74) is 2.17. The van der Waals surface area contributed by atoms with E-state index in [2.05, 4.69) is 10.3 Å². The van der Waals surface area contributed by atoms with E-state index in [0.29, 0.717) is 13.1 Å². The molecule has 21 heavy (non-hydrogen) atoms. The Morgan fingerprint density at radius 1 is 1.38 bits per heavy atom. The topological polar surface area (TPSA) is 45.2 Å². The first-order valence-electron chi connectivity index (χ1n) is 6.38. The summed E-state index contributed by atoms with van der Waals surface area (Å²) in [7, 11) is 1.57. The molecule has 0 fully saturated rings. The number of nitrogens with one attached hydrogen (secondary N) is 1. The standard InChI is InChI=1S/C14H15F2N3OS/c1-3-17-13-11(15)4-9(5-12(13)16)14(20)19(2)6-10-7-21-8-18-10/h4-5,7-8,17H,3,6H2,1-2H3. The minimum Gasteiger partial charge on any atom is -0.381 e. The second-order valence-corrected chi connectivity index (χ2v) is 5.20. The monoisotopic (exact) mass is 311 g/mol. The van der Waals surface area contributed by atoms with Gasteiger partial charge in [0.1, 0.15) is 17.3 Å². The van der Waals surface area contributed by atoms with Crippen LogP contribution in [0.4, 0.5) is 14.5 Å². The average molecular weight is 311 g/mol. The zero-order chi connectivity index (χ0) is 15.4. The van der Waals surface area contributed by atoms with Crippen molar-refractivity contribution in [1.29, 1.82) is 0 Å². The Balaban J connectivity index is 2.19. The molecule has 4 nitrogen and oxygen atoms in total. The first-order valence-corrected chi connectivity index (χ1v) is 7.32. The Labute approximate surface area is 125 Å². The maximum Gasteiger partial charge on any atom is 0.254 e. The smallest absolute Gasteiger partial charge is 0.254 e. The molecule has 0 aliphatic heterocycles. The lowest BCUT2D eigenvalue weighted by Crippen LogP contribution is -2.26. The van der Waals surface area contributed by atoms with Gasteiger partial charge in [0, 0.05) is 24.5 Å². The number of halogens is 2. The Kier molecular flexibility index (Phi) is 4.85. The van der Waals surface area contributed by atoms with Crippen LogP contribution in [0.15, 0.2) is 23.0 Å². The summed E-state index contributed by atoms with van der Waals surface area (Å²) in [6, 6.07) is 2.09. The molecule has 112 valence electrons. The van der Waals surface area contributed by atoms with Crippen molar-refractivity contribution in [3.8, 4) is 0 Å². The molecule has 0 bridgehead atoms. The van der Waals surface area contributed by atoms with E-state index in [9.17, 15) is 13.6 Å². The largest absolute Gasteiger partial charge is 0.381 e. The molecule has 1 aromatic carbocycles. The predicted molar refractivity (Wildman–Crippen MR) is 78.4 cm³/mol. The highest BCUT2D eigenvalue weighted by molar-refractivity contribution is 7.07. The summed E-state index contributed by atoms with van der Waals surface area (Å²) >= 11 is 1.42. The third-order valence-electron chi connectivity index (χ3n) is 2.87. The predicted octanol–water partition coefficient (Wildman–Crippen LogP) is 3.13. The molecule has 7 heteroatoms. The van der Waals surface area contributed by atoms with Gasteiger partial charge >= 0.3 is 0 Å². The molecule has 2 rings (SSSR count). The van der Waals surface area contributed by atoms with Crippen molar-refractivity contribution >= 4 is 22.9 Å². The van der Waals surface area contributed by atoms with E-state index in [1.54, 1.807) is 19.5 Å². The van der Waals surface area contributed by atoms with Gasteiger partial charge in [-0.2, -0.15) is 0 Å². The summed E-state index contributed by atoms with van der Waals surface area (Å²) in [5, 5.41) is 4.41. The van der Waals surface area contributed by atoms with Crippen molar-refractivity contribution in [2.45, 2.75) is 13.5 Å². The molecule has 1 heterocycles. The van der Waals surface area contributed by atoms with E-state index in [4.69, 9.17) is 0 Å². The van der Waals surface area contributed by atoms with Gasteiger partial charge in [0.05, 0.1) is 17.7 Å². The van der Waals surface area contributed by atoms with E-state index in [1.165, 1.54) is 16.2 Å². The van der Waals surface area contributed by atoms with Crippen molar-refractivity contribution in [3.63, 3.8) is 0 Å². The summed E-state index contributed by atoms with van der Waals surface area (Å²) in [4.78, 5) is 17.6. The van der Waals surface area contributed by atoms with Crippen molar-refractivity contribution < 1.29 is 13.6 Å². The van der Waals surface area contributed by atoms with Crippen molar-refractivity contribution in [2.75, 3.05) is 18.9 Å². The Morgan fingerprint density at radius 2 is 2.05 bits per heavy atom. The number of nitrogens with zero attached hydrogens (tertiary/aromatic N) is 2. The number of aromatic nitrogens is 1. The highest BCUT2D eigenvalue weighted by Gasteiger charge is 2.18. The lowest BCUT2D eigenvalue weighted by Gasteiger charge is -2.17. The molecule has 0 saturated heterocycles. The second-order valence-electron chi connectivity index (χ2n) is 4.49. The number of anilines is 1. The Hall–Kier alpha value is -2.02. The normalized spacial score (nSPS) is 10.5. The Bertz CT molecular complexity index is 608. The fourth-order valence-corrected chi connectivity index (χ4v) is 2.44. The molecule has 0 radical (unpaired) electrons. The molecule has 1 N–H and O–H groups in total. The molecule has 0 unspecified atom stereocenters. The first kappa shape index (κ1) is 15.4. The third kappa shape index (κ3) is 3.55. The number of carbonyl (C=O) groups is 1. The highest BCUT2D eigenvalue weighted by atomic mass is 32.1. The van der Waals surface area contributed by atoms with Gasteiger partial charge in [-0.15, -0.1) is 11.3 Å². The summed E-state index contributed by atoms with van der Waals surface area (Å²) in [6.07, 6.45) is 0. The third-order valence-corrected chi connectivity index (χ3v) is 3.51. The van der Waals surface area contributed by atoms with Crippen LogP contribution in [0.25, 0.3) is 0 Å². The number of carbonyl (C=O) groups excluding carboxylic acids is 1. The van der Waals surface area contributed by atoms with Crippen LogP contribution in [0.1, 0.15) is 23.0 Å². The van der Waals surface area contributed by atoms with E-state index in [0.717, 1.165) is 17.8 Å². The van der Waals surface area contributed by atoms with Crippen LogP contribution >= 0.6 is 11.3 Å². The molecular formula is C14H15F2N3OS. The van der Waals surface area contributed by atoms with Crippen LogP contribution in [0.3, 0.4) is 0 Å². The fourth-order valence-electron chi connectivity index (χ4n) is 1.89. The fraction of sp³-hybridized carbons (Fsp3) is 0.286. The molecular weight excluding hydrogens is 296 g/mol. The summed E-state index contributed by atoms with van der Waals surface area (Å²) < 4.78 is 27.6. The zero-order valence-corrected chi connectivity index (χ0v) is 12.5. The molecule has 0 atom stereocenters. The number of amides is 1. The minimum atomic E-state index is -0.776. The lowest BCUT2D eigenvalue weighted by atomic mass is 10.1.